The topological polar surface area (TPSA) is 71.1 Å². The predicted molar refractivity (Wildman–Crippen MR) is 79.4 cm³/mol. The van der Waals surface area contributed by atoms with E-state index in [9.17, 15) is 0 Å². The summed E-state index contributed by atoms with van der Waals surface area (Å²) in [4.78, 5) is 2.33. The third kappa shape index (κ3) is 3.55. The quantitative estimate of drug-likeness (QED) is 0.387. The summed E-state index contributed by atoms with van der Waals surface area (Å²) < 4.78 is 5.36. The molecule has 0 aliphatic carbocycles. The Balaban J connectivity index is 1.97. The average molecular weight is 298 g/mol. The van der Waals surface area contributed by atoms with E-state index in [0.717, 1.165) is 43.8 Å². The van der Waals surface area contributed by atoms with Gasteiger partial charge in [-0.05, 0) is 44.1 Å². The summed E-state index contributed by atoms with van der Waals surface area (Å²) in [6, 6.07) is 5.66. The monoisotopic (exact) mass is 297 g/mol. The summed E-state index contributed by atoms with van der Waals surface area (Å²) in [6.45, 7) is 2.62. The van der Waals surface area contributed by atoms with Crippen LogP contribution in [0.5, 0.6) is 5.75 Å². The highest BCUT2D eigenvalue weighted by Gasteiger charge is 2.23. The molecule has 0 atom stereocenters. The lowest BCUT2D eigenvalue weighted by molar-refractivity contribution is 0.196. The van der Waals surface area contributed by atoms with Gasteiger partial charge in [-0.2, -0.15) is 0 Å². The lowest BCUT2D eigenvalue weighted by atomic mass is 9.95. The van der Waals surface area contributed by atoms with Crippen molar-refractivity contribution >= 4 is 17.4 Å². The number of hydrogen-bond donors (Lipinski definition) is 2. The summed E-state index contributed by atoms with van der Waals surface area (Å²) in [5.74, 6) is 1.37. The van der Waals surface area contributed by atoms with Crippen molar-refractivity contribution in [2.24, 2.45) is 16.8 Å². The highest BCUT2D eigenvalue weighted by Crippen LogP contribution is 2.26. The summed E-state index contributed by atoms with van der Waals surface area (Å²) in [7, 11) is 1.66. The third-order valence-corrected chi connectivity index (χ3v) is 3.99. The molecule has 6 heteroatoms. The van der Waals surface area contributed by atoms with Crippen LogP contribution in [-0.4, -0.2) is 36.1 Å². The summed E-state index contributed by atoms with van der Waals surface area (Å²) in [6.07, 6.45) is 1.80. The van der Waals surface area contributed by atoms with Crippen molar-refractivity contribution in [1.82, 2.24) is 4.90 Å². The first kappa shape index (κ1) is 14.9. The van der Waals surface area contributed by atoms with Crippen molar-refractivity contribution in [2.45, 2.75) is 19.4 Å². The first-order valence-corrected chi connectivity index (χ1v) is 7.04. The van der Waals surface area contributed by atoms with Crippen molar-refractivity contribution in [3.05, 3.63) is 28.8 Å². The molecule has 0 amide bonds. The summed E-state index contributed by atoms with van der Waals surface area (Å²) >= 11 is 6.04. The number of halogens is 1. The molecule has 1 aromatic carbocycles. The van der Waals surface area contributed by atoms with E-state index in [-0.39, 0.29) is 5.92 Å². The molecule has 110 valence electrons. The third-order valence-electron chi connectivity index (χ3n) is 3.76. The molecule has 1 aromatic rings. The fourth-order valence-electron chi connectivity index (χ4n) is 2.58. The molecule has 0 saturated carbocycles. The maximum atomic E-state index is 8.71. The highest BCUT2D eigenvalue weighted by atomic mass is 35.5. The van der Waals surface area contributed by atoms with Gasteiger partial charge in [0.1, 0.15) is 11.6 Å². The van der Waals surface area contributed by atoms with Crippen LogP contribution in [0.4, 0.5) is 0 Å². The van der Waals surface area contributed by atoms with Gasteiger partial charge in [0.15, 0.2) is 0 Å². The number of hydrogen-bond acceptors (Lipinski definition) is 4. The molecule has 0 radical (unpaired) electrons. The standard InChI is InChI=1S/C14H20ClN3O2/c1-20-13-3-2-12(15)8-11(13)9-18-6-4-10(5-7-18)14(16)17-19/h2-3,8,10,19H,4-7,9H2,1H3,(H2,16,17). The Morgan fingerprint density at radius 3 is 2.80 bits per heavy atom. The normalized spacial score (nSPS) is 18.2. The first-order valence-electron chi connectivity index (χ1n) is 6.66. The van der Waals surface area contributed by atoms with Crippen molar-refractivity contribution in [1.29, 1.82) is 0 Å². The maximum Gasteiger partial charge on any atom is 0.142 e. The molecule has 1 aliphatic rings. The van der Waals surface area contributed by atoms with Crippen molar-refractivity contribution < 1.29 is 9.94 Å². The van der Waals surface area contributed by atoms with E-state index in [0.29, 0.717) is 10.9 Å². The number of amidine groups is 1. The number of likely N-dealkylation sites (tertiary alicyclic amines) is 1. The fraction of sp³-hybridized carbons (Fsp3) is 0.500. The Kier molecular flexibility index (Phi) is 5.09. The Morgan fingerprint density at radius 2 is 2.20 bits per heavy atom. The summed E-state index contributed by atoms with van der Waals surface area (Å²) in [5, 5.41) is 12.5. The number of ether oxygens (including phenoxy) is 1. The molecule has 3 N–H and O–H groups in total. The van der Waals surface area contributed by atoms with Gasteiger partial charge in [0, 0.05) is 23.0 Å². The van der Waals surface area contributed by atoms with E-state index in [4.69, 9.17) is 27.3 Å². The van der Waals surface area contributed by atoms with E-state index in [1.54, 1.807) is 7.11 Å². The minimum Gasteiger partial charge on any atom is -0.496 e. The number of nitrogens with zero attached hydrogens (tertiary/aromatic N) is 2. The summed E-state index contributed by atoms with van der Waals surface area (Å²) in [5.41, 5.74) is 6.74. The van der Waals surface area contributed by atoms with Gasteiger partial charge in [0.25, 0.3) is 0 Å². The van der Waals surface area contributed by atoms with Gasteiger partial charge in [0.05, 0.1) is 7.11 Å². The van der Waals surface area contributed by atoms with Gasteiger partial charge >= 0.3 is 0 Å². The zero-order valence-corrected chi connectivity index (χ0v) is 12.3. The fourth-order valence-corrected chi connectivity index (χ4v) is 2.77. The SMILES string of the molecule is COc1ccc(Cl)cc1CN1CCC(C(N)=NO)CC1. The molecule has 5 nitrogen and oxygen atoms in total. The molecule has 1 fully saturated rings. The molecular weight excluding hydrogens is 278 g/mol. The zero-order valence-electron chi connectivity index (χ0n) is 11.6. The van der Waals surface area contributed by atoms with Crippen molar-refractivity contribution in [2.75, 3.05) is 20.2 Å². The molecule has 0 bridgehead atoms. The van der Waals surface area contributed by atoms with Crippen LogP contribution in [0.1, 0.15) is 18.4 Å². The van der Waals surface area contributed by atoms with Crippen LogP contribution >= 0.6 is 11.6 Å². The second kappa shape index (κ2) is 6.81. The van der Waals surface area contributed by atoms with Gasteiger partial charge in [-0.15, -0.1) is 0 Å². The number of benzene rings is 1. The second-order valence-corrected chi connectivity index (χ2v) is 5.47. The lowest BCUT2D eigenvalue weighted by Crippen LogP contribution is -2.38. The molecule has 1 saturated heterocycles. The Labute approximate surface area is 124 Å². The van der Waals surface area contributed by atoms with E-state index >= 15 is 0 Å². The lowest BCUT2D eigenvalue weighted by Gasteiger charge is -2.31. The number of piperidine rings is 1. The van der Waals surface area contributed by atoms with Gasteiger partial charge < -0.3 is 15.7 Å². The molecule has 1 aliphatic heterocycles. The van der Waals surface area contributed by atoms with Gasteiger partial charge in [-0.1, -0.05) is 16.8 Å². The molecule has 2 rings (SSSR count). The Morgan fingerprint density at radius 1 is 1.50 bits per heavy atom. The number of rotatable bonds is 4. The molecule has 0 unspecified atom stereocenters. The van der Waals surface area contributed by atoms with E-state index in [2.05, 4.69) is 10.1 Å². The zero-order chi connectivity index (χ0) is 14.5. The second-order valence-electron chi connectivity index (χ2n) is 5.03. The highest BCUT2D eigenvalue weighted by molar-refractivity contribution is 6.30. The number of oxime groups is 1. The first-order chi connectivity index (χ1) is 9.63. The molecule has 20 heavy (non-hydrogen) atoms. The molecular formula is C14H20ClN3O2. The van der Waals surface area contributed by atoms with Crippen LogP contribution in [0.3, 0.4) is 0 Å². The predicted octanol–water partition coefficient (Wildman–Crippen LogP) is 2.31. The van der Waals surface area contributed by atoms with Crippen LogP contribution in [0, 0.1) is 5.92 Å². The van der Waals surface area contributed by atoms with E-state index in [1.165, 1.54) is 0 Å². The van der Waals surface area contributed by atoms with Gasteiger partial charge in [0.2, 0.25) is 0 Å². The Hall–Kier alpha value is -1.46. The van der Waals surface area contributed by atoms with E-state index < -0.39 is 0 Å². The van der Waals surface area contributed by atoms with Crippen LogP contribution in [-0.2, 0) is 6.54 Å². The van der Waals surface area contributed by atoms with Crippen LogP contribution < -0.4 is 10.5 Å². The molecule has 0 aromatic heterocycles. The minimum atomic E-state index is 0.178. The van der Waals surface area contributed by atoms with Crippen molar-refractivity contribution in [3.63, 3.8) is 0 Å². The number of nitrogens with two attached hydrogens (primary N) is 1. The largest absolute Gasteiger partial charge is 0.496 e. The minimum absolute atomic E-state index is 0.178. The number of methoxy groups -OCH3 is 1. The van der Waals surface area contributed by atoms with Crippen LogP contribution in [0.25, 0.3) is 0 Å². The molecule has 1 heterocycles. The van der Waals surface area contributed by atoms with Crippen LogP contribution in [0.15, 0.2) is 23.4 Å². The molecule has 0 spiro atoms. The Bertz CT molecular complexity index is 485. The maximum absolute atomic E-state index is 8.71. The van der Waals surface area contributed by atoms with Crippen molar-refractivity contribution in [3.8, 4) is 5.75 Å². The van der Waals surface area contributed by atoms with E-state index in [1.807, 2.05) is 18.2 Å². The van der Waals surface area contributed by atoms with Gasteiger partial charge in [-0.25, -0.2) is 0 Å². The van der Waals surface area contributed by atoms with Crippen LogP contribution in [0.2, 0.25) is 5.02 Å². The van der Waals surface area contributed by atoms with Gasteiger partial charge in [-0.3, -0.25) is 4.90 Å². The average Bonchev–Trinajstić information content (AvgIpc) is 2.47. The smallest absolute Gasteiger partial charge is 0.142 e.